The minimum absolute atomic E-state index is 0.141. The molecule has 1 saturated carbocycles. The molecule has 3 rings (SSSR count). The van der Waals surface area contributed by atoms with E-state index >= 15 is 0 Å². The molecule has 1 aromatic carbocycles. The highest BCUT2D eigenvalue weighted by Gasteiger charge is 2.33. The Hall–Kier alpha value is -2.21. The number of rotatable bonds is 11. The summed E-state index contributed by atoms with van der Waals surface area (Å²) in [5.74, 6) is 0.593. The van der Waals surface area contributed by atoms with Crippen molar-refractivity contribution in [3.63, 3.8) is 0 Å². The summed E-state index contributed by atoms with van der Waals surface area (Å²) in [5.41, 5.74) is 2.05. The van der Waals surface area contributed by atoms with Gasteiger partial charge in [-0.25, -0.2) is 0 Å². The number of ether oxygens (including phenoxy) is 2. The minimum Gasteiger partial charge on any atom is -0.493 e. The molecule has 0 radical (unpaired) electrons. The molecule has 0 aliphatic heterocycles. The maximum absolute atomic E-state index is 13.7. The number of hydrogen-bond donors (Lipinski definition) is 1. The SMILES string of the molecule is CCOc1ccc([C@@H](C(=O)NC2CCCCC2)N(CCC2=CCCCC2)C(=O)CCl)cc1OC. The zero-order valence-corrected chi connectivity index (χ0v) is 21.4. The summed E-state index contributed by atoms with van der Waals surface area (Å²) >= 11 is 6.04. The van der Waals surface area contributed by atoms with E-state index in [1.54, 1.807) is 12.0 Å². The molecule has 1 N–H and O–H groups in total. The van der Waals surface area contributed by atoms with Gasteiger partial charge in [-0.2, -0.15) is 0 Å². The van der Waals surface area contributed by atoms with E-state index in [9.17, 15) is 9.59 Å². The normalized spacial score (nSPS) is 17.4. The monoisotopic (exact) mass is 490 g/mol. The van der Waals surface area contributed by atoms with Crippen LogP contribution in [0.1, 0.15) is 82.7 Å². The summed E-state index contributed by atoms with van der Waals surface area (Å²) in [5, 5.41) is 3.23. The van der Waals surface area contributed by atoms with Gasteiger partial charge in [0, 0.05) is 12.6 Å². The number of benzene rings is 1. The molecular formula is C27H39ClN2O4. The Morgan fingerprint density at radius 3 is 2.59 bits per heavy atom. The van der Waals surface area contributed by atoms with E-state index in [0.717, 1.165) is 44.9 Å². The lowest BCUT2D eigenvalue weighted by Crippen LogP contribution is -2.47. The number of halogens is 1. The molecule has 1 fully saturated rings. The van der Waals surface area contributed by atoms with Gasteiger partial charge in [0.15, 0.2) is 11.5 Å². The molecule has 1 aromatic rings. The third-order valence-corrected chi connectivity index (χ3v) is 7.04. The molecule has 0 saturated heterocycles. The largest absolute Gasteiger partial charge is 0.493 e. The second-order valence-corrected chi connectivity index (χ2v) is 9.44. The standard InChI is InChI=1S/C27H39ClN2O4/c1-3-34-23-15-14-21(18-24(23)33-2)26(27(32)29-22-12-8-5-9-13-22)30(25(31)19-28)17-16-20-10-6-4-7-11-20/h10,14-15,18,22,26H,3-9,11-13,16-17,19H2,1-2H3,(H,29,32)/t26-/m0/s1. The summed E-state index contributed by atoms with van der Waals surface area (Å²) in [6, 6.07) is 4.84. The van der Waals surface area contributed by atoms with E-state index in [2.05, 4.69) is 11.4 Å². The van der Waals surface area contributed by atoms with Gasteiger partial charge in [-0.15, -0.1) is 11.6 Å². The summed E-state index contributed by atoms with van der Waals surface area (Å²) in [6.45, 7) is 2.87. The second kappa shape index (κ2) is 13.6. The number of methoxy groups -OCH3 is 1. The molecule has 0 aromatic heterocycles. The van der Waals surface area contributed by atoms with E-state index < -0.39 is 6.04 Å². The molecule has 7 heteroatoms. The van der Waals surface area contributed by atoms with Crippen LogP contribution in [-0.4, -0.2) is 48.9 Å². The Kier molecular flexibility index (Phi) is 10.6. The van der Waals surface area contributed by atoms with Crippen molar-refractivity contribution in [2.24, 2.45) is 0 Å². The van der Waals surface area contributed by atoms with E-state index in [1.165, 1.54) is 24.8 Å². The Balaban J connectivity index is 1.92. The molecule has 188 valence electrons. The Morgan fingerprint density at radius 2 is 1.94 bits per heavy atom. The Bertz CT molecular complexity index is 851. The zero-order valence-electron chi connectivity index (χ0n) is 20.6. The lowest BCUT2D eigenvalue weighted by molar-refractivity contribution is -0.139. The highest BCUT2D eigenvalue weighted by molar-refractivity contribution is 6.27. The first-order valence-corrected chi connectivity index (χ1v) is 13.2. The van der Waals surface area contributed by atoms with Gasteiger partial charge < -0.3 is 19.7 Å². The average molecular weight is 491 g/mol. The summed E-state index contributed by atoms with van der Waals surface area (Å²) in [4.78, 5) is 28.4. The average Bonchev–Trinajstić information content (AvgIpc) is 2.87. The number of nitrogens with zero attached hydrogens (tertiary/aromatic N) is 1. The van der Waals surface area contributed by atoms with Gasteiger partial charge in [-0.05, 0) is 69.6 Å². The highest BCUT2D eigenvalue weighted by atomic mass is 35.5. The second-order valence-electron chi connectivity index (χ2n) is 9.17. The molecule has 1 atom stereocenters. The number of hydrogen-bond acceptors (Lipinski definition) is 4. The van der Waals surface area contributed by atoms with E-state index in [0.29, 0.717) is 30.2 Å². The number of allylic oxidation sites excluding steroid dienone is 1. The van der Waals surface area contributed by atoms with Crippen LogP contribution in [0.5, 0.6) is 11.5 Å². The highest BCUT2D eigenvalue weighted by Crippen LogP contribution is 2.34. The van der Waals surface area contributed by atoms with Gasteiger partial charge in [0.1, 0.15) is 11.9 Å². The van der Waals surface area contributed by atoms with Gasteiger partial charge in [0.25, 0.3) is 0 Å². The molecular weight excluding hydrogens is 452 g/mol. The fraction of sp³-hybridized carbons (Fsp3) is 0.630. The first-order valence-electron chi connectivity index (χ1n) is 12.7. The van der Waals surface area contributed by atoms with Crippen molar-refractivity contribution < 1.29 is 19.1 Å². The maximum atomic E-state index is 13.7. The van der Waals surface area contributed by atoms with Crippen molar-refractivity contribution in [1.29, 1.82) is 0 Å². The molecule has 0 unspecified atom stereocenters. The maximum Gasteiger partial charge on any atom is 0.247 e. The molecule has 2 aliphatic carbocycles. The fourth-order valence-corrected chi connectivity index (χ4v) is 5.15. The molecule has 2 amide bonds. The predicted octanol–water partition coefficient (Wildman–Crippen LogP) is 5.54. The summed E-state index contributed by atoms with van der Waals surface area (Å²) in [7, 11) is 1.58. The summed E-state index contributed by atoms with van der Waals surface area (Å²) in [6.07, 6.45) is 13.0. The fourth-order valence-electron chi connectivity index (χ4n) is 5.00. The van der Waals surface area contributed by atoms with Crippen LogP contribution in [0.2, 0.25) is 0 Å². The van der Waals surface area contributed by atoms with Crippen molar-refractivity contribution in [1.82, 2.24) is 10.2 Å². The van der Waals surface area contributed by atoms with Crippen molar-refractivity contribution >= 4 is 23.4 Å². The molecule has 0 bridgehead atoms. The third-order valence-electron chi connectivity index (χ3n) is 6.81. The van der Waals surface area contributed by atoms with Crippen LogP contribution in [0.3, 0.4) is 0 Å². The van der Waals surface area contributed by atoms with Gasteiger partial charge in [-0.3, -0.25) is 9.59 Å². The third kappa shape index (κ3) is 7.14. The Labute approximate surface area is 209 Å². The molecule has 6 nitrogen and oxygen atoms in total. The predicted molar refractivity (Wildman–Crippen MR) is 136 cm³/mol. The molecule has 2 aliphatic rings. The van der Waals surface area contributed by atoms with Crippen molar-refractivity contribution in [3.05, 3.63) is 35.4 Å². The van der Waals surface area contributed by atoms with Crippen molar-refractivity contribution in [2.75, 3.05) is 26.1 Å². The smallest absolute Gasteiger partial charge is 0.247 e. The van der Waals surface area contributed by atoms with Crippen LogP contribution in [0.25, 0.3) is 0 Å². The zero-order chi connectivity index (χ0) is 24.3. The quantitative estimate of drug-likeness (QED) is 0.326. The first kappa shape index (κ1) is 26.4. The van der Waals surface area contributed by atoms with Gasteiger partial charge >= 0.3 is 0 Å². The van der Waals surface area contributed by atoms with Gasteiger partial charge in [-0.1, -0.05) is 37.0 Å². The topological polar surface area (TPSA) is 67.9 Å². The Morgan fingerprint density at radius 1 is 1.15 bits per heavy atom. The first-order chi connectivity index (χ1) is 16.6. The molecule has 0 heterocycles. The number of carbonyl (C=O) groups excluding carboxylic acids is 2. The molecule has 0 spiro atoms. The van der Waals surface area contributed by atoms with Gasteiger partial charge in [0.2, 0.25) is 11.8 Å². The van der Waals surface area contributed by atoms with Crippen LogP contribution >= 0.6 is 11.6 Å². The van der Waals surface area contributed by atoms with Crippen LogP contribution in [0.4, 0.5) is 0 Å². The number of amides is 2. The van der Waals surface area contributed by atoms with E-state index in [-0.39, 0.29) is 23.7 Å². The lowest BCUT2D eigenvalue weighted by atomic mass is 9.94. The van der Waals surface area contributed by atoms with Crippen LogP contribution in [0, 0.1) is 0 Å². The van der Waals surface area contributed by atoms with Crippen LogP contribution in [-0.2, 0) is 9.59 Å². The van der Waals surface area contributed by atoms with Crippen molar-refractivity contribution in [2.45, 2.75) is 83.2 Å². The lowest BCUT2D eigenvalue weighted by Gasteiger charge is -2.33. The van der Waals surface area contributed by atoms with Crippen LogP contribution < -0.4 is 14.8 Å². The van der Waals surface area contributed by atoms with Gasteiger partial charge in [0.05, 0.1) is 13.7 Å². The number of alkyl halides is 1. The van der Waals surface area contributed by atoms with Crippen molar-refractivity contribution in [3.8, 4) is 11.5 Å². The number of carbonyl (C=O) groups is 2. The van der Waals surface area contributed by atoms with E-state index in [4.69, 9.17) is 21.1 Å². The number of nitrogens with one attached hydrogen (secondary N) is 1. The van der Waals surface area contributed by atoms with Crippen LogP contribution in [0.15, 0.2) is 29.8 Å². The minimum atomic E-state index is -0.776. The van der Waals surface area contributed by atoms with E-state index in [1.807, 2.05) is 25.1 Å². The molecule has 34 heavy (non-hydrogen) atoms. The summed E-state index contributed by atoms with van der Waals surface area (Å²) < 4.78 is 11.2.